The average molecular weight is 339 g/mol. The van der Waals surface area contributed by atoms with Gasteiger partial charge < -0.3 is 19.6 Å². The van der Waals surface area contributed by atoms with Crippen LogP contribution in [0.2, 0.25) is 0 Å². The second-order valence-corrected chi connectivity index (χ2v) is 5.16. The lowest BCUT2D eigenvalue weighted by Gasteiger charge is -2.03. The normalized spacial score (nSPS) is 11.1. The zero-order valence-electron chi connectivity index (χ0n) is 13.8. The van der Waals surface area contributed by atoms with Crippen LogP contribution in [0.5, 0.6) is 11.6 Å². The molecule has 0 spiro atoms. The van der Waals surface area contributed by atoms with Crippen molar-refractivity contribution >= 4 is 28.9 Å². The molecule has 0 amide bonds. The molecule has 1 aromatic carbocycles. The number of methoxy groups -OCH3 is 1. The lowest BCUT2D eigenvalue weighted by atomic mass is 10.1. The molecule has 0 saturated heterocycles. The van der Waals surface area contributed by atoms with E-state index >= 15 is 0 Å². The molecule has 2 heterocycles. The first-order chi connectivity index (χ1) is 12.1. The molecule has 0 aliphatic carbocycles. The summed E-state index contributed by atoms with van der Waals surface area (Å²) in [7, 11) is 1.56. The number of aliphatic imine (C=N–C) groups is 1. The Morgan fingerprint density at radius 1 is 1.40 bits per heavy atom. The number of nitrogens with one attached hydrogen (secondary N) is 1. The van der Waals surface area contributed by atoms with Crippen LogP contribution in [0.3, 0.4) is 0 Å². The maximum atomic E-state index is 11.9. The van der Waals surface area contributed by atoms with Crippen LogP contribution in [-0.2, 0) is 4.74 Å². The second kappa shape index (κ2) is 7.04. The highest BCUT2D eigenvalue weighted by molar-refractivity contribution is 6.04. The van der Waals surface area contributed by atoms with E-state index in [1.165, 1.54) is 12.4 Å². The minimum atomic E-state index is -0.467. The smallest absolute Gasteiger partial charge is 0.339 e. The summed E-state index contributed by atoms with van der Waals surface area (Å²) in [6, 6.07) is 8.88. The number of carbonyl (C=O) groups is 1. The average Bonchev–Trinajstić information content (AvgIpc) is 2.94. The molecule has 0 bridgehead atoms. The van der Waals surface area contributed by atoms with Crippen molar-refractivity contribution in [3.8, 4) is 11.6 Å². The van der Waals surface area contributed by atoms with Gasteiger partial charge in [0.05, 0.1) is 24.8 Å². The summed E-state index contributed by atoms with van der Waals surface area (Å²) in [6.07, 6.45) is 2.90. The molecule has 0 saturated carbocycles. The summed E-state index contributed by atoms with van der Waals surface area (Å²) in [5, 5.41) is 10.7. The van der Waals surface area contributed by atoms with Crippen molar-refractivity contribution in [2.24, 2.45) is 4.99 Å². The number of pyridine rings is 1. The molecular formula is C18H17N3O4. The van der Waals surface area contributed by atoms with Gasteiger partial charge in [0.25, 0.3) is 0 Å². The van der Waals surface area contributed by atoms with Crippen LogP contribution in [0.1, 0.15) is 22.8 Å². The number of aromatic nitrogens is 2. The van der Waals surface area contributed by atoms with Gasteiger partial charge in [0.2, 0.25) is 0 Å². The standard InChI is InChI=1S/C18H17N3O4/c1-3-25-18(23)11-8-12-13(17(22)21-16(12)20-9-11)10-19-14-6-4-5-7-15(14)24-2/h4-10,22H,3H2,1-2H3,(H,20,21). The van der Waals surface area contributed by atoms with Crippen LogP contribution >= 0.6 is 0 Å². The van der Waals surface area contributed by atoms with E-state index < -0.39 is 5.97 Å². The quantitative estimate of drug-likeness (QED) is 0.549. The fourth-order valence-electron chi connectivity index (χ4n) is 2.40. The zero-order chi connectivity index (χ0) is 17.8. The van der Waals surface area contributed by atoms with E-state index in [2.05, 4.69) is 15.0 Å². The predicted molar refractivity (Wildman–Crippen MR) is 94.0 cm³/mol. The number of para-hydroxylation sites is 2. The number of aromatic amines is 1. The SMILES string of the molecule is CCOC(=O)c1cnc2[nH]c(O)c(C=Nc3ccccc3OC)c2c1. The maximum Gasteiger partial charge on any atom is 0.339 e. The number of nitrogens with zero attached hydrogens (tertiary/aromatic N) is 2. The van der Waals surface area contributed by atoms with Gasteiger partial charge in [-0.2, -0.15) is 0 Å². The third-order valence-electron chi connectivity index (χ3n) is 3.60. The van der Waals surface area contributed by atoms with E-state index in [1.54, 1.807) is 32.2 Å². The van der Waals surface area contributed by atoms with Gasteiger partial charge >= 0.3 is 5.97 Å². The molecule has 3 rings (SSSR count). The fraction of sp³-hybridized carbons (Fsp3) is 0.167. The molecule has 7 heteroatoms. The predicted octanol–water partition coefficient (Wildman–Crippen LogP) is 3.20. The Bertz CT molecular complexity index is 947. The maximum absolute atomic E-state index is 11.9. The molecule has 128 valence electrons. The van der Waals surface area contributed by atoms with Gasteiger partial charge in [-0.05, 0) is 25.1 Å². The molecule has 0 radical (unpaired) electrons. The fourth-order valence-corrected chi connectivity index (χ4v) is 2.40. The lowest BCUT2D eigenvalue weighted by Crippen LogP contribution is -2.04. The minimum absolute atomic E-state index is 0.0813. The molecule has 2 N–H and O–H groups in total. The lowest BCUT2D eigenvalue weighted by molar-refractivity contribution is 0.0526. The van der Waals surface area contributed by atoms with E-state index in [0.717, 1.165) is 0 Å². The molecule has 7 nitrogen and oxygen atoms in total. The van der Waals surface area contributed by atoms with Gasteiger partial charge in [0, 0.05) is 17.8 Å². The van der Waals surface area contributed by atoms with Crippen molar-refractivity contribution < 1.29 is 19.4 Å². The molecule has 2 aromatic heterocycles. The largest absolute Gasteiger partial charge is 0.494 e. The molecule has 0 aliphatic rings. The third kappa shape index (κ3) is 3.30. The van der Waals surface area contributed by atoms with Crippen LogP contribution in [-0.4, -0.2) is 41.0 Å². The van der Waals surface area contributed by atoms with Crippen molar-refractivity contribution in [3.05, 3.63) is 47.7 Å². The monoisotopic (exact) mass is 339 g/mol. The molecule has 25 heavy (non-hydrogen) atoms. The Kier molecular flexibility index (Phi) is 4.65. The van der Waals surface area contributed by atoms with Crippen LogP contribution in [0.25, 0.3) is 11.0 Å². The van der Waals surface area contributed by atoms with E-state index in [0.29, 0.717) is 33.6 Å². The van der Waals surface area contributed by atoms with Crippen molar-refractivity contribution in [2.75, 3.05) is 13.7 Å². The van der Waals surface area contributed by atoms with Crippen molar-refractivity contribution in [2.45, 2.75) is 6.92 Å². The molecule has 0 aliphatic heterocycles. The highest BCUT2D eigenvalue weighted by Gasteiger charge is 2.14. The Balaban J connectivity index is 2.03. The Labute approximate surface area is 144 Å². The second-order valence-electron chi connectivity index (χ2n) is 5.16. The number of hydrogen-bond donors (Lipinski definition) is 2. The highest BCUT2D eigenvalue weighted by atomic mass is 16.5. The molecular weight excluding hydrogens is 322 g/mol. The number of carbonyl (C=O) groups excluding carboxylic acids is 1. The first kappa shape index (κ1) is 16.5. The number of esters is 1. The van der Waals surface area contributed by atoms with Gasteiger partial charge in [-0.25, -0.2) is 9.78 Å². The first-order valence-corrected chi connectivity index (χ1v) is 7.69. The first-order valence-electron chi connectivity index (χ1n) is 7.69. The number of rotatable bonds is 5. The summed E-state index contributed by atoms with van der Waals surface area (Å²) in [5.74, 6) is 0.0655. The number of ether oxygens (including phenoxy) is 2. The van der Waals surface area contributed by atoms with Crippen molar-refractivity contribution in [3.63, 3.8) is 0 Å². The number of fused-ring (bicyclic) bond motifs is 1. The summed E-state index contributed by atoms with van der Waals surface area (Å²) < 4.78 is 10.2. The van der Waals surface area contributed by atoms with Gasteiger partial charge in [0.15, 0.2) is 5.88 Å². The van der Waals surface area contributed by atoms with E-state index in [-0.39, 0.29) is 12.5 Å². The summed E-state index contributed by atoms with van der Waals surface area (Å²) >= 11 is 0. The Morgan fingerprint density at radius 3 is 2.96 bits per heavy atom. The Hall–Kier alpha value is -3.35. The number of H-pyrrole nitrogens is 1. The zero-order valence-corrected chi connectivity index (χ0v) is 13.8. The van der Waals surface area contributed by atoms with Crippen LogP contribution in [0.4, 0.5) is 5.69 Å². The highest BCUT2D eigenvalue weighted by Crippen LogP contribution is 2.29. The van der Waals surface area contributed by atoms with Crippen LogP contribution in [0, 0.1) is 0 Å². The summed E-state index contributed by atoms with van der Waals surface area (Å²) in [6.45, 7) is 2.01. The van der Waals surface area contributed by atoms with Gasteiger partial charge in [-0.1, -0.05) is 12.1 Å². The van der Waals surface area contributed by atoms with E-state index in [4.69, 9.17) is 9.47 Å². The molecule has 0 unspecified atom stereocenters. The molecule has 3 aromatic rings. The number of aromatic hydroxyl groups is 1. The van der Waals surface area contributed by atoms with E-state index in [9.17, 15) is 9.90 Å². The van der Waals surface area contributed by atoms with Gasteiger partial charge in [0.1, 0.15) is 17.1 Å². The van der Waals surface area contributed by atoms with Crippen LogP contribution < -0.4 is 4.74 Å². The Morgan fingerprint density at radius 2 is 2.20 bits per heavy atom. The minimum Gasteiger partial charge on any atom is -0.494 e. The third-order valence-corrected chi connectivity index (χ3v) is 3.60. The van der Waals surface area contributed by atoms with Crippen molar-refractivity contribution in [1.82, 2.24) is 9.97 Å². The molecule has 0 atom stereocenters. The number of hydrogen-bond acceptors (Lipinski definition) is 6. The summed E-state index contributed by atoms with van der Waals surface area (Å²) in [5.41, 5.74) is 1.81. The number of benzene rings is 1. The van der Waals surface area contributed by atoms with Gasteiger partial charge in [-0.15, -0.1) is 0 Å². The van der Waals surface area contributed by atoms with Crippen molar-refractivity contribution in [1.29, 1.82) is 0 Å². The summed E-state index contributed by atoms with van der Waals surface area (Å²) in [4.78, 5) is 23.2. The molecule has 0 fully saturated rings. The topological polar surface area (TPSA) is 96.8 Å². The van der Waals surface area contributed by atoms with E-state index in [1.807, 2.05) is 12.1 Å². The van der Waals surface area contributed by atoms with Crippen LogP contribution in [0.15, 0.2) is 41.5 Å². The van der Waals surface area contributed by atoms with Gasteiger partial charge in [-0.3, -0.25) is 4.99 Å².